The average molecular weight is 429 g/mol. The maximum atomic E-state index is 12.5. The zero-order chi connectivity index (χ0) is 21.0. The Balaban J connectivity index is 1.33. The maximum absolute atomic E-state index is 12.5. The van der Waals surface area contributed by atoms with Crippen LogP contribution in [0.15, 0.2) is 47.5 Å². The van der Waals surface area contributed by atoms with Crippen LogP contribution >= 0.6 is 0 Å². The lowest BCUT2D eigenvalue weighted by molar-refractivity contribution is -0.116. The number of piperidine rings is 1. The standard InChI is InChI=1S/C22H28N4O3S/c27-21(24-20-5-4-14-23-22(20)26-15-2-1-3-16-26)13-8-17-6-11-19(12-7-17)30(28,29)25-18-9-10-18/h4-7,11-12,14,18,25H,1-3,8-10,13,15-16H2,(H,24,27). The van der Waals surface area contributed by atoms with Crippen molar-refractivity contribution in [3.63, 3.8) is 0 Å². The Bertz CT molecular complexity index is 982. The van der Waals surface area contributed by atoms with Gasteiger partial charge < -0.3 is 10.2 Å². The molecule has 1 aliphatic carbocycles. The number of carbonyl (C=O) groups is 1. The van der Waals surface area contributed by atoms with Gasteiger partial charge in [-0.25, -0.2) is 18.1 Å². The molecule has 2 N–H and O–H groups in total. The van der Waals surface area contributed by atoms with E-state index in [-0.39, 0.29) is 16.8 Å². The SMILES string of the molecule is O=C(CCc1ccc(S(=O)(=O)NC2CC2)cc1)Nc1cccnc1N1CCCCC1. The summed E-state index contributed by atoms with van der Waals surface area (Å²) in [4.78, 5) is 19.5. The summed E-state index contributed by atoms with van der Waals surface area (Å²) in [5.41, 5.74) is 1.68. The van der Waals surface area contributed by atoms with Gasteiger partial charge in [0.1, 0.15) is 0 Å². The first kappa shape index (κ1) is 20.8. The molecule has 1 aromatic carbocycles. The molecule has 1 amide bonds. The Morgan fingerprint density at radius 2 is 1.80 bits per heavy atom. The van der Waals surface area contributed by atoms with Gasteiger partial charge in [0, 0.05) is 31.7 Å². The maximum Gasteiger partial charge on any atom is 0.240 e. The molecule has 0 spiro atoms. The van der Waals surface area contributed by atoms with Crippen LogP contribution in [0.1, 0.15) is 44.1 Å². The van der Waals surface area contributed by atoms with E-state index in [4.69, 9.17) is 0 Å². The molecule has 2 fully saturated rings. The fourth-order valence-electron chi connectivity index (χ4n) is 3.65. The van der Waals surface area contributed by atoms with Crippen LogP contribution in [0, 0.1) is 0 Å². The lowest BCUT2D eigenvalue weighted by Crippen LogP contribution is -2.31. The quantitative estimate of drug-likeness (QED) is 0.674. The minimum atomic E-state index is -3.44. The second-order valence-corrected chi connectivity index (χ2v) is 9.72. The first-order valence-electron chi connectivity index (χ1n) is 10.6. The number of rotatable bonds is 8. The van der Waals surface area contributed by atoms with Crippen molar-refractivity contribution < 1.29 is 13.2 Å². The number of aryl methyl sites for hydroxylation is 1. The van der Waals surface area contributed by atoms with Crippen LogP contribution in [0.4, 0.5) is 11.5 Å². The molecule has 2 aliphatic rings. The summed E-state index contributed by atoms with van der Waals surface area (Å²) in [5, 5.41) is 2.99. The molecule has 2 heterocycles. The van der Waals surface area contributed by atoms with Crippen molar-refractivity contribution in [2.24, 2.45) is 0 Å². The van der Waals surface area contributed by atoms with E-state index >= 15 is 0 Å². The molecule has 160 valence electrons. The lowest BCUT2D eigenvalue weighted by Gasteiger charge is -2.29. The number of pyridine rings is 1. The summed E-state index contributed by atoms with van der Waals surface area (Å²) in [6, 6.07) is 10.6. The van der Waals surface area contributed by atoms with Crippen LogP contribution < -0.4 is 14.9 Å². The zero-order valence-corrected chi connectivity index (χ0v) is 17.8. The highest BCUT2D eigenvalue weighted by Gasteiger charge is 2.27. The second-order valence-electron chi connectivity index (χ2n) is 8.01. The highest BCUT2D eigenvalue weighted by molar-refractivity contribution is 7.89. The normalized spacial score (nSPS) is 17.0. The molecule has 0 radical (unpaired) electrons. The van der Waals surface area contributed by atoms with Gasteiger partial charge in [0.05, 0.1) is 10.6 Å². The van der Waals surface area contributed by atoms with Gasteiger partial charge >= 0.3 is 0 Å². The summed E-state index contributed by atoms with van der Waals surface area (Å²) >= 11 is 0. The molecule has 8 heteroatoms. The molecule has 1 aromatic heterocycles. The highest BCUT2D eigenvalue weighted by atomic mass is 32.2. The number of sulfonamides is 1. The third-order valence-electron chi connectivity index (χ3n) is 5.49. The number of hydrogen-bond acceptors (Lipinski definition) is 5. The minimum absolute atomic E-state index is 0.0756. The summed E-state index contributed by atoms with van der Waals surface area (Å²) in [7, 11) is -3.44. The van der Waals surface area contributed by atoms with Gasteiger partial charge in [0.15, 0.2) is 5.82 Å². The Kier molecular flexibility index (Phi) is 6.34. The van der Waals surface area contributed by atoms with Crippen molar-refractivity contribution in [2.75, 3.05) is 23.3 Å². The van der Waals surface area contributed by atoms with E-state index in [9.17, 15) is 13.2 Å². The highest BCUT2D eigenvalue weighted by Crippen LogP contribution is 2.26. The monoisotopic (exact) mass is 428 g/mol. The predicted octanol–water partition coefficient (Wildman–Crippen LogP) is 3.08. The molecule has 0 bridgehead atoms. The number of hydrogen-bond donors (Lipinski definition) is 2. The number of amides is 1. The third kappa shape index (κ3) is 5.37. The van der Waals surface area contributed by atoms with Crippen LogP contribution in [-0.4, -0.2) is 38.4 Å². The molecule has 2 aromatic rings. The molecular formula is C22H28N4O3S. The van der Waals surface area contributed by atoms with Crippen molar-refractivity contribution >= 4 is 27.4 Å². The largest absolute Gasteiger partial charge is 0.355 e. The lowest BCUT2D eigenvalue weighted by atomic mass is 10.1. The molecule has 1 saturated carbocycles. The second kappa shape index (κ2) is 9.14. The van der Waals surface area contributed by atoms with Crippen molar-refractivity contribution in [2.45, 2.75) is 55.9 Å². The summed E-state index contributed by atoms with van der Waals surface area (Å²) < 4.78 is 27.2. The van der Waals surface area contributed by atoms with Gasteiger partial charge in [-0.3, -0.25) is 4.79 Å². The zero-order valence-electron chi connectivity index (χ0n) is 17.0. The number of benzene rings is 1. The Morgan fingerprint density at radius 1 is 1.07 bits per heavy atom. The van der Waals surface area contributed by atoms with Crippen molar-refractivity contribution in [1.82, 2.24) is 9.71 Å². The fourth-order valence-corrected chi connectivity index (χ4v) is 4.95. The van der Waals surface area contributed by atoms with Gasteiger partial charge in [-0.05, 0) is 68.4 Å². The van der Waals surface area contributed by atoms with Crippen molar-refractivity contribution in [3.05, 3.63) is 48.2 Å². The first-order chi connectivity index (χ1) is 14.5. The van der Waals surface area contributed by atoms with Crippen LogP contribution in [0.5, 0.6) is 0 Å². The smallest absolute Gasteiger partial charge is 0.240 e. The van der Waals surface area contributed by atoms with E-state index in [0.717, 1.165) is 55.8 Å². The Morgan fingerprint density at radius 3 is 2.50 bits per heavy atom. The molecule has 4 rings (SSSR count). The van der Waals surface area contributed by atoms with E-state index in [0.29, 0.717) is 12.8 Å². The van der Waals surface area contributed by atoms with Gasteiger partial charge in [-0.1, -0.05) is 12.1 Å². The van der Waals surface area contributed by atoms with Gasteiger partial charge in [-0.15, -0.1) is 0 Å². The molecule has 30 heavy (non-hydrogen) atoms. The van der Waals surface area contributed by atoms with Crippen LogP contribution in [0.2, 0.25) is 0 Å². The summed E-state index contributed by atoms with van der Waals surface area (Å²) in [6.07, 6.45) is 7.96. The minimum Gasteiger partial charge on any atom is -0.355 e. The Labute approximate surface area is 177 Å². The Hall–Kier alpha value is -2.45. The van der Waals surface area contributed by atoms with E-state index < -0.39 is 10.0 Å². The number of anilines is 2. The van der Waals surface area contributed by atoms with E-state index in [1.807, 2.05) is 12.1 Å². The summed E-state index contributed by atoms with van der Waals surface area (Å²) in [6.45, 7) is 1.93. The summed E-state index contributed by atoms with van der Waals surface area (Å²) in [5.74, 6) is 0.761. The fraction of sp³-hybridized carbons (Fsp3) is 0.455. The number of aromatic nitrogens is 1. The third-order valence-corrected chi connectivity index (χ3v) is 7.03. The first-order valence-corrected chi connectivity index (χ1v) is 12.1. The van der Waals surface area contributed by atoms with Gasteiger partial charge in [0.2, 0.25) is 15.9 Å². The molecule has 0 atom stereocenters. The van der Waals surface area contributed by atoms with Crippen LogP contribution in [0.3, 0.4) is 0 Å². The van der Waals surface area contributed by atoms with Crippen molar-refractivity contribution in [3.8, 4) is 0 Å². The molecule has 0 unspecified atom stereocenters. The average Bonchev–Trinajstić information content (AvgIpc) is 3.57. The van der Waals surface area contributed by atoms with Gasteiger partial charge in [0.25, 0.3) is 0 Å². The van der Waals surface area contributed by atoms with Crippen LogP contribution in [0.25, 0.3) is 0 Å². The van der Waals surface area contributed by atoms with Gasteiger partial charge in [-0.2, -0.15) is 0 Å². The molecule has 7 nitrogen and oxygen atoms in total. The molecule has 1 aliphatic heterocycles. The van der Waals surface area contributed by atoms with E-state index in [2.05, 4.69) is 19.9 Å². The topological polar surface area (TPSA) is 91.4 Å². The number of carbonyl (C=O) groups excluding carboxylic acids is 1. The van der Waals surface area contributed by atoms with Crippen LogP contribution in [-0.2, 0) is 21.2 Å². The van der Waals surface area contributed by atoms with E-state index in [1.54, 1.807) is 30.5 Å². The number of nitrogens with one attached hydrogen (secondary N) is 2. The molecular weight excluding hydrogens is 400 g/mol. The number of nitrogens with zero attached hydrogens (tertiary/aromatic N) is 2. The molecule has 1 saturated heterocycles. The van der Waals surface area contributed by atoms with E-state index in [1.165, 1.54) is 6.42 Å². The van der Waals surface area contributed by atoms with Crippen molar-refractivity contribution in [1.29, 1.82) is 0 Å². The predicted molar refractivity (Wildman–Crippen MR) is 117 cm³/mol.